The van der Waals surface area contributed by atoms with Gasteiger partial charge >= 0.3 is 5.97 Å². The highest BCUT2D eigenvalue weighted by Crippen LogP contribution is 2.40. The number of hydrogen-bond donors (Lipinski definition) is 0. The Labute approximate surface area is 247 Å². The van der Waals surface area contributed by atoms with Crippen LogP contribution in [0.4, 0.5) is 0 Å². The van der Waals surface area contributed by atoms with Crippen molar-refractivity contribution in [3.05, 3.63) is 95.2 Å². The Balaban J connectivity index is 2.14. The second-order valence-electron chi connectivity index (χ2n) is 11.8. The Hall–Kier alpha value is -2.61. The van der Waals surface area contributed by atoms with Crippen LogP contribution in [0.3, 0.4) is 0 Å². The lowest BCUT2D eigenvalue weighted by Crippen LogP contribution is -2.19. The summed E-state index contributed by atoms with van der Waals surface area (Å²) in [5, 5.41) is 0. The maximum Gasteiger partial charge on any atom is 0.306 e. The molecule has 0 spiro atoms. The Morgan fingerprint density at radius 3 is 2.35 bits per heavy atom. The molecule has 0 aromatic carbocycles. The molecule has 40 heavy (non-hydrogen) atoms. The molecule has 1 rings (SSSR count). The van der Waals surface area contributed by atoms with Crippen molar-refractivity contribution in [2.75, 3.05) is 6.61 Å². The van der Waals surface area contributed by atoms with E-state index in [1.54, 1.807) is 0 Å². The zero-order valence-electron chi connectivity index (χ0n) is 26.6. The normalized spacial score (nSPS) is 17.1. The molecule has 1 aliphatic rings. The van der Waals surface area contributed by atoms with E-state index in [1.165, 1.54) is 61.7 Å². The van der Waals surface area contributed by atoms with Gasteiger partial charge in [0.15, 0.2) is 0 Å². The summed E-state index contributed by atoms with van der Waals surface area (Å²) in [6.07, 6.45) is 40.5. The standard InChI is InChI=1S/C38H58O2/c1-7-8-9-10-11-12-13-14-15-16-17-18-19-20-21-27-37(39)40-32-30-34(3)25-22-24-33(2)28-29-36-35(4)26-23-31-38(36,5)6/h8-9,11-14,22,24-25,28-30H,7,10,15-21,23,26-27,31-32H2,1-6H3/b9-8-,12-11-,14-13-,25-22+,29-28+,33-24+,34-30+. The predicted octanol–water partition coefficient (Wildman–Crippen LogP) is 11.7. The molecule has 0 amide bonds. The largest absolute Gasteiger partial charge is 0.461 e. The lowest BCUT2D eigenvalue weighted by atomic mass is 9.72. The summed E-state index contributed by atoms with van der Waals surface area (Å²) >= 11 is 0. The second kappa shape index (κ2) is 22.1. The van der Waals surface area contributed by atoms with Crippen LogP contribution in [0.2, 0.25) is 0 Å². The van der Waals surface area contributed by atoms with Gasteiger partial charge in [-0.3, -0.25) is 4.79 Å². The smallest absolute Gasteiger partial charge is 0.306 e. The van der Waals surface area contributed by atoms with E-state index in [9.17, 15) is 4.79 Å². The molecule has 0 atom stereocenters. The van der Waals surface area contributed by atoms with Crippen molar-refractivity contribution >= 4 is 5.97 Å². The molecule has 0 aromatic rings. The molecule has 0 aromatic heterocycles. The molecule has 222 valence electrons. The van der Waals surface area contributed by atoms with E-state index in [4.69, 9.17) is 4.74 Å². The van der Waals surface area contributed by atoms with Crippen molar-refractivity contribution in [2.24, 2.45) is 5.41 Å². The predicted molar refractivity (Wildman–Crippen MR) is 176 cm³/mol. The van der Waals surface area contributed by atoms with Gasteiger partial charge < -0.3 is 4.74 Å². The summed E-state index contributed by atoms with van der Waals surface area (Å²) < 4.78 is 5.40. The van der Waals surface area contributed by atoms with Gasteiger partial charge in [-0.2, -0.15) is 0 Å². The molecular weight excluding hydrogens is 488 g/mol. The summed E-state index contributed by atoms with van der Waals surface area (Å²) in [6, 6.07) is 0. The van der Waals surface area contributed by atoms with Crippen molar-refractivity contribution in [2.45, 2.75) is 125 Å². The first kappa shape index (κ1) is 35.4. The molecule has 2 heteroatoms. The van der Waals surface area contributed by atoms with Crippen LogP contribution >= 0.6 is 0 Å². The zero-order valence-corrected chi connectivity index (χ0v) is 26.6. The topological polar surface area (TPSA) is 26.3 Å². The molecule has 2 nitrogen and oxygen atoms in total. The zero-order chi connectivity index (χ0) is 29.5. The summed E-state index contributed by atoms with van der Waals surface area (Å²) in [7, 11) is 0. The minimum Gasteiger partial charge on any atom is -0.461 e. The first-order valence-electron chi connectivity index (χ1n) is 15.8. The average molecular weight is 547 g/mol. The van der Waals surface area contributed by atoms with Crippen LogP contribution in [-0.4, -0.2) is 12.6 Å². The van der Waals surface area contributed by atoms with Gasteiger partial charge in [0.05, 0.1) is 0 Å². The van der Waals surface area contributed by atoms with Gasteiger partial charge in [-0.15, -0.1) is 0 Å². The fourth-order valence-electron chi connectivity index (χ4n) is 4.95. The molecule has 0 unspecified atom stereocenters. The Morgan fingerprint density at radius 2 is 1.60 bits per heavy atom. The van der Waals surface area contributed by atoms with Gasteiger partial charge in [-0.25, -0.2) is 0 Å². The van der Waals surface area contributed by atoms with Gasteiger partial charge in [0.25, 0.3) is 0 Å². The highest BCUT2D eigenvalue weighted by atomic mass is 16.5. The fourth-order valence-corrected chi connectivity index (χ4v) is 4.95. The molecule has 0 saturated carbocycles. The third-order valence-corrected chi connectivity index (χ3v) is 7.48. The lowest BCUT2D eigenvalue weighted by Gasteiger charge is -2.32. The van der Waals surface area contributed by atoms with Gasteiger partial charge in [0, 0.05) is 6.42 Å². The Bertz CT molecular complexity index is 959. The van der Waals surface area contributed by atoms with Gasteiger partial charge in [0.1, 0.15) is 6.61 Å². The molecule has 1 aliphatic carbocycles. The van der Waals surface area contributed by atoms with Gasteiger partial charge in [-0.05, 0) is 89.2 Å². The minimum atomic E-state index is -0.0903. The Morgan fingerprint density at radius 1 is 0.875 bits per heavy atom. The monoisotopic (exact) mass is 546 g/mol. The lowest BCUT2D eigenvalue weighted by molar-refractivity contribution is -0.142. The SMILES string of the molecule is CC/C=C\C/C=C\C=C/CCCCCCCCC(=O)OC/C=C(C)/C=C/C=C(C)/C=C/C1=C(C)CCCC1(C)C. The first-order chi connectivity index (χ1) is 19.3. The van der Waals surface area contributed by atoms with Crippen LogP contribution in [0.25, 0.3) is 0 Å². The third-order valence-electron chi connectivity index (χ3n) is 7.48. The van der Waals surface area contributed by atoms with Crippen molar-refractivity contribution < 1.29 is 9.53 Å². The van der Waals surface area contributed by atoms with Crippen LogP contribution in [0.15, 0.2) is 95.2 Å². The summed E-state index contributed by atoms with van der Waals surface area (Å²) in [5.74, 6) is -0.0903. The first-order valence-corrected chi connectivity index (χ1v) is 15.8. The maximum atomic E-state index is 12.0. The Kier molecular flexibility index (Phi) is 19.6. The van der Waals surface area contributed by atoms with Crippen LogP contribution in [-0.2, 0) is 9.53 Å². The van der Waals surface area contributed by atoms with Crippen molar-refractivity contribution in [1.29, 1.82) is 0 Å². The van der Waals surface area contributed by atoms with Crippen LogP contribution < -0.4 is 0 Å². The molecule has 0 saturated heterocycles. The van der Waals surface area contributed by atoms with E-state index >= 15 is 0 Å². The number of carbonyl (C=O) groups is 1. The molecule has 0 aliphatic heterocycles. The van der Waals surface area contributed by atoms with E-state index in [0.717, 1.165) is 37.7 Å². The van der Waals surface area contributed by atoms with Gasteiger partial charge in [0.2, 0.25) is 0 Å². The maximum absolute atomic E-state index is 12.0. The molecule has 0 fully saturated rings. The molecule has 0 radical (unpaired) electrons. The molecule has 0 N–H and O–H groups in total. The number of carbonyl (C=O) groups excluding carboxylic acids is 1. The van der Waals surface area contributed by atoms with E-state index in [1.807, 2.05) is 13.0 Å². The summed E-state index contributed by atoms with van der Waals surface area (Å²) in [4.78, 5) is 12.0. The number of hydrogen-bond acceptors (Lipinski definition) is 2. The number of esters is 1. The van der Waals surface area contributed by atoms with E-state index in [0.29, 0.717) is 13.0 Å². The minimum absolute atomic E-state index is 0.0903. The van der Waals surface area contributed by atoms with E-state index < -0.39 is 0 Å². The molecule has 0 bridgehead atoms. The highest BCUT2D eigenvalue weighted by Gasteiger charge is 2.26. The number of unbranched alkanes of at least 4 members (excludes halogenated alkanes) is 6. The molecule has 0 heterocycles. The van der Waals surface area contributed by atoms with Crippen molar-refractivity contribution in [3.63, 3.8) is 0 Å². The summed E-state index contributed by atoms with van der Waals surface area (Å²) in [6.45, 7) is 13.7. The van der Waals surface area contributed by atoms with E-state index in [-0.39, 0.29) is 11.4 Å². The van der Waals surface area contributed by atoms with Crippen LogP contribution in [0.1, 0.15) is 125 Å². The fraction of sp³-hybridized carbons (Fsp3) is 0.553. The van der Waals surface area contributed by atoms with Crippen molar-refractivity contribution in [3.8, 4) is 0 Å². The highest BCUT2D eigenvalue weighted by molar-refractivity contribution is 5.69. The number of allylic oxidation sites excluding steroid dienone is 15. The third kappa shape index (κ3) is 17.9. The quantitative estimate of drug-likeness (QED) is 0.0697. The van der Waals surface area contributed by atoms with Crippen molar-refractivity contribution in [1.82, 2.24) is 0 Å². The molecular formula is C38H58O2. The number of rotatable bonds is 19. The van der Waals surface area contributed by atoms with Crippen LogP contribution in [0, 0.1) is 5.41 Å². The van der Waals surface area contributed by atoms with Gasteiger partial charge in [-0.1, -0.05) is 130 Å². The van der Waals surface area contributed by atoms with E-state index in [2.05, 4.69) is 101 Å². The summed E-state index contributed by atoms with van der Waals surface area (Å²) in [5.41, 5.74) is 5.62. The van der Waals surface area contributed by atoms with Crippen LogP contribution in [0.5, 0.6) is 0 Å². The second-order valence-corrected chi connectivity index (χ2v) is 11.8. The number of ether oxygens (including phenoxy) is 1. The average Bonchev–Trinajstić information content (AvgIpc) is 2.90.